The largest absolute Gasteiger partial charge is 0.504 e. The molecule has 1 aromatic heterocycles. The molecule has 15 heavy (non-hydrogen) atoms. The number of rotatable bonds is 1. The maximum absolute atomic E-state index is 9.40. The quantitative estimate of drug-likeness (QED) is 0.777. The molecule has 0 bridgehead atoms. The van der Waals surface area contributed by atoms with Gasteiger partial charge in [0.15, 0.2) is 11.6 Å². The molecule has 0 aliphatic rings. The van der Waals surface area contributed by atoms with E-state index in [-0.39, 0.29) is 11.6 Å². The van der Waals surface area contributed by atoms with Crippen LogP contribution in [0.15, 0.2) is 36.5 Å². The first-order chi connectivity index (χ1) is 7.16. The summed E-state index contributed by atoms with van der Waals surface area (Å²) in [5.41, 5.74) is 7.15. The number of aromatic nitrogens is 1. The van der Waals surface area contributed by atoms with Gasteiger partial charge in [-0.25, -0.2) is 4.98 Å². The van der Waals surface area contributed by atoms with Crippen LogP contribution >= 0.6 is 11.6 Å². The lowest BCUT2D eigenvalue weighted by molar-refractivity contribution is 0.476. The molecule has 0 atom stereocenters. The fraction of sp³-hybridized carbons (Fsp3) is 0. The normalized spacial score (nSPS) is 10.2. The summed E-state index contributed by atoms with van der Waals surface area (Å²) in [6.45, 7) is 0. The Morgan fingerprint density at radius 1 is 1.13 bits per heavy atom. The fourth-order valence-electron chi connectivity index (χ4n) is 1.26. The minimum Gasteiger partial charge on any atom is -0.504 e. The Hall–Kier alpha value is -1.74. The number of anilines is 1. The smallest absolute Gasteiger partial charge is 0.165 e. The van der Waals surface area contributed by atoms with E-state index in [1.807, 2.05) is 12.1 Å². The minimum absolute atomic E-state index is 0.0116. The maximum Gasteiger partial charge on any atom is 0.165 e. The molecule has 0 amide bonds. The van der Waals surface area contributed by atoms with Crippen molar-refractivity contribution in [1.82, 2.24) is 4.98 Å². The Morgan fingerprint density at radius 3 is 2.40 bits per heavy atom. The predicted molar refractivity (Wildman–Crippen MR) is 60.8 cm³/mol. The summed E-state index contributed by atoms with van der Waals surface area (Å²) in [5.74, 6) is 0.121. The highest BCUT2D eigenvalue weighted by molar-refractivity contribution is 6.30. The lowest BCUT2D eigenvalue weighted by atomic mass is 10.1. The van der Waals surface area contributed by atoms with E-state index in [1.165, 1.54) is 0 Å². The third kappa shape index (κ3) is 2.02. The third-order valence-electron chi connectivity index (χ3n) is 2.07. The van der Waals surface area contributed by atoms with Gasteiger partial charge in [-0.15, -0.1) is 0 Å². The summed E-state index contributed by atoms with van der Waals surface area (Å²) in [6, 6.07) is 8.85. The van der Waals surface area contributed by atoms with Crippen LogP contribution in [-0.4, -0.2) is 10.1 Å². The SMILES string of the molecule is Nc1ncc(-c2ccc(Cl)cc2)cc1O. The van der Waals surface area contributed by atoms with Gasteiger partial charge in [0.05, 0.1) is 0 Å². The van der Waals surface area contributed by atoms with Gasteiger partial charge < -0.3 is 10.8 Å². The van der Waals surface area contributed by atoms with E-state index >= 15 is 0 Å². The van der Waals surface area contributed by atoms with Crippen LogP contribution in [0.3, 0.4) is 0 Å². The lowest BCUT2D eigenvalue weighted by Crippen LogP contribution is -1.90. The van der Waals surface area contributed by atoms with E-state index < -0.39 is 0 Å². The zero-order valence-corrected chi connectivity index (χ0v) is 8.57. The van der Waals surface area contributed by atoms with Crippen molar-refractivity contribution in [3.8, 4) is 16.9 Å². The summed E-state index contributed by atoms with van der Waals surface area (Å²) >= 11 is 5.77. The standard InChI is InChI=1S/C11H9ClN2O/c12-9-3-1-7(2-4-9)8-5-10(15)11(13)14-6-8/h1-6,15H,(H2,13,14). The molecule has 0 saturated carbocycles. The highest BCUT2D eigenvalue weighted by Gasteiger charge is 2.02. The summed E-state index contributed by atoms with van der Waals surface area (Å²) < 4.78 is 0. The summed E-state index contributed by atoms with van der Waals surface area (Å²) in [5, 5.41) is 10.1. The second-order valence-corrected chi connectivity index (χ2v) is 3.57. The molecule has 0 aliphatic heterocycles. The molecule has 0 aliphatic carbocycles. The molecule has 4 heteroatoms. The van der Waals surface area contributed by atoms with E-state index in [0.717, 1.165) is 11.1 Å². The minimum atomic E-state index is -0.0116. The van der Waals surface area contributed by atoms with E-state index in [2.05, 4.69) is 4.98 Å². The first kappa shape index (κ1) is 9.80. The molecule has 1 heterocycles. The van der Waals surface area contributed by atoms with Crippen LogP contribution < -0.4 is 5.73 Å². The van der Waals surface area contributed by atoms with Crippen molar-refractivity contribution in [2.45, 2.75) is 0 Å². The van der Waals surface area contributed by atoms with E-state index in [1.54, 1.807) is 24.4 Å². The molecule has 3 N–H and O–H groups in total. The molecule has 76 valence electrons. The second-order valence-electron chi connectivity index (χ2n) is 3.14. The topological polar surface area (TPSA) is 59.1 Å². The molecule has 2 rings (SSSR count). The molecule has 3 nitrogen and oxygen atoms in total. The Labute approximate surface area is 92.1 Å². The Kier molecular flexibility index (Phi) is 2.47. The van der Waals surface area contributed by atoms with Crippen LogP contribution in [0.2, 0.25) is 5.02 Å². The van der Waals surface area contributed by atoms with Gasteiger partial charge in [-0.2, -0.15) is 0 Å². The molecule has 1 aromatic carbocycles. The van der Waals surface area contributed by atoms with E-state index in [0.29, 0.717) is 5.02 Å². The van der Waals surface area contributed by atoms with Gasteiger partial charge >= 0.3 is 0 Å². The van der Waals surface area contributed by atoms with Crippen molar-refractivity contribution in [2.24, 2.45) is 0 Å². The molecule has 2 aromatic rings. The lowest BCUT2D eigenvalue weighted by Gasteiger charge is -2.03. The van der Waals surface area contributed by atoms with Gasteiger partial charge in [-0.05, 0) is 23.8 Å². The number of halogens is 1. The first-order valence-electron chi connectivity index (χ1n) is 4.37. The summed E-state index contributed by atoms with van der Waals surface area (Å²) in [4.78, 5) is 3.87. The van der Waals surface area contributed by atoms with Crippen LogP contribution in [0.5, 0.6) is 5.75 Å². The molecule has 0 saturated heterocycles. The molecular formula is C11H9ClN2O. The van der Waals surface area contributed by atoms with E-state index in [4.69, 9.17) is 17.3 Å². The van der Waals surface area contributed by atoms with Gasteiger partial charge in [0.25, 0.3) is 0 Å². The predicted octanol–water partition coefficient (Wildman–Crippen LogP) is 2.69. The number of nitrogens with two attached hydrogens (primary N) is 1. The third-order valence-corrected chi connectivity index (χ3v) is 2.33. The highest BCUT2D eigenvalue weighted by atomic mass is 35.5. The summed E-state index contributed by atoms with van der Waals surface area (Å²) in [7, 11) is 0. The van der Waals surface area contributed by atoms with Crippen molar-refractivity contribution < 1.29 is 5.11 Å². The van der Waals surface area contributed by atoms with Gasteiger partial charge in [0.2, 0.25) is 0 Å². The number of nitrogens with zero attached hydrogens (tertiary/aromatic N) is 1. The van der Waals surface area contributed by atoms with Crippen molar-refractivity contribution >= 4 is 17.4 Å². The van der Waals surface area contributed by atoms with Gasteiger partial charge in [-0.3, -0.25) is 0 Å². The maximum atomic E-state index is 9.40. The fourth-order valence-corrected chi connectivity index (χ4v) is 1.39. The van der Waals surface area contributed by atoms with Crippen LogP contribution in [0.4, 0.5) is 5.82 Å². The Balaban J connectivity index is 2.45. The van der Waals surface area contributed by atoms with Crippen molar-refractivity contribution in [2.75, 3.05) is 5.73 Å². The number of pyridine rings is 1. The van der Waals surface area contributed by atoms with Gasteiger partial charge in [0, 0.05) is 16.8 Å². The number of hydrogen-bond donors (Lipinski definition) is 2. The number of aromatic hydroxyl groups is 1. The number of nitrogen functional groups attached to an aromatic ring is 1. The molecule has 0 radical (unpaired) electrons. The van der Waals surface area contributed by atoms with Crippen LogP contribution in [0.1, 0.15) is 0 Å². The van der Waals surface area contributed by atoms with Crippen LogP contribution in [-0.2, 0) is 0 Å². The Morgan fingerprint density at radius 2 is 1.80 bits per heavy atom. The van der Waals surface area contributed by atoms with Gasteiger partial charge in [-0.1, -0.05) is 23.7 Å². The Bertz CT molecular complexity index is 482. The van der Waals surface area contributed by atoms with Crippen molar-refractivity contribution in [1.29, 1.82) is 0 Å². The van der Waals surface area contributed by atoms with Crippen molar-refractivity contribution in [3.63, 3.8) is 0 Å². The molecule has 0 unspecified atom stereocenters. The molecule has 0 fully saturated rings. The van der Waals surface area contributed by atoms with E-state index in [9.17, 15) is 5.11 Å². The second kappa shape index (κ2) is 3.79. The summed E-state index contributed by atoms with van der Waals surface area (Å²) in [6.07, 6.45) is 1.61. The zero-order chi connectivity index (χ0) is 10.8. The van der Waals surface area contributed by atoms with Gasteiger partial charge in [0.1, 0.15) is 0 Å². The first-order valence-corrected chi connectivity index (χ1v) is 4.75. The van der Waals surface area contributed by atoms with Crippen LogP contribution in [0.25, 0.3) is 11.1 Å². The highest BCUT2D eigenvalue weighted by Crippen LogP contribution is 2.26. The number of hydrogen-bond acceptors (Lipinski definition) is 3. The zero-order valence-electron chi connectivity index (χ0n) is 7.81. The average Bonchev–Trinajstić information content (AvgIpc) is 2.23. The van der Waals surface area contributed by atoms with Crippen molar-refractivity contribution in [3.05, 3.63) is 41.6 Å². The monoisotopic (exact) mass is 220 g/mol. The number of benzene rings is 1. The molecule has 0 spiro atoms. The van der Waals surface area contributed by atoms with Crippen LogP contribution in [0, 0.1) is 0 Å². The average molecular weight is 221 g/mol. The molecular weight excluding hydrogens is 212 g/mol.